The second-order valence-corrected chi connectivity index (χ2v) is 13.4. The third kappa shape index (κ3) is 8.85. The van der Waals surface area contributed by atoms with Crippen molar-refractivity contribution in [3.63, 3.8) is 0 Å². The van der Waals surface area contributed by atoms with Crippen molar-refractivity contribution in [2.45, 2.75) is 30.6 Å². The summed E-state index contributed by atoms with van der Waals surface area (Å²) in [4.78, 5) is 9.34. The van der Waals surface area contributed by atoms with Crippen LogP contribution in [0.2, 0.25) is 0 Å². The summed E-state index contributed by atoms with van der Waals surface area (Å²) < 4.78 is 58.3. The molecule has 4 rings (SSSR count). The Labute approximate surface area is 268 Å². The van der Waals surface area contributed by atoms with Crippen molar-refractivity contribution >= 4 is 54.7 Å². The van der Waals surface area contributed by atoms with Crippen LogP contribution < -0.4 is 30.3 Å². The Balaban J connectivity index is 1.59. The van der Waals surface area contributed by atoms with Crippen LogP contribution in [0.15, 0.2) is 98.9 Å². The van der Waals surface area contributed by atoms with Crippen molar-refractivity contribution in [2.24, 2.45) is 10.2 Å². The molecule has 0 saturated carbocycles. The van der Waals surface area contributed by atoms with E-state index in [-0.39, 0.29) is 15.7 Å². The van der Waals surface area contributed by atoms with E-state index in [4.69, 9.17) is 4.74 Å². The van der Waals surface area contributed by atoms with Crippen molar-refractivity contribution < 1.29 is 21.6 Å². The summed E-state index contributed by atoms with van der Waals surface area (Å²) in [6, 6.07) is 21.6. The quantitative estimate of drug-likeness (QED) is 0.0969. The second-order valence-electron chi connectivity index (χ2n) is 9.63. The maximum atomic E-state index is 12.1. The minimum atomic E-state index is -3.56. The van der Waals surface area contributed by atoms with E-state index in [9.17, 15) is 16.8 Å². The van der Waals surface area contributed by atoms with Gasteiger partial charge in [0.15, 0.2) is 11.6 Å². The molecule has 0 bridgehead atoms. The highest BCUT2D eigenvalue weighted by Gasteiger charge is 2.13. The molecule has 1 heterocycles. The lowest BCUT2D eigenvalue weighted by Crippen LogP contribution is -2.18. The summed E-state index contributed by atoms with van der Waals surface area (Å²) in [5.41, 5.74) is 9.16. The molecule has 242 valence electrons. The highest BCUT2D eigenvalue weighted by atomic mass is 32.2. The predicted octanol–water partition coefficient (Wildman–Crippen LogP) is 4.11. The summed E-state index contributed by atoms with van der Waals surface area (Å²) in [7, 11) is -4.40. The molecule has 46 heavy (non-hydrogen) atoms. The Bertz CT molecular complexity index is 1820. The standard InChI is InChI=1S/C30H35N9O5S2/c1-6-44-25-13-11-24(12-14-25)33-30-34-28(38-36-20(2)22-7-15-26(16-8-22)45(40,41)31-4)19-29(35-30)39-37-21(3)23-9-17-27(18-10-23)46(42,43)32-5/h7-19,31-32H,6H2,1-5H3,(H3,33,34,35,38,39). The van der Waals surface area contributed by atoms with Crippen LogP contribution >= 0.6 is 0 Å². The van der Waals surface area contributed by atoms with Crippen LogP contribution in [0.5, 0.6) is 5.75 Å². The molecule has 0 radical (unpaired) electrons. The lowest BCUT2D eigenvalue weighted by Gasteiger charge is -2.11. The molecule has 4 aromatic rings. The van der Waals surface area contributed by atoms with E-state index in [0.717, 1.165) is 11.4 Å². The Morgan fingerprint density at radius 2 is 1.13 bits per heavy atom. The van der Waals surface area contributed by atoms with E-state index in [1.165, 1.54) is 38.4 Å². The molecule has 0 fully saturated rings. The topological polar surface area (TPSA) is 188 Å². The number of rotatable bonds is 14. The molecular weight excluding hydrogens is 631 g/mol. The third-order valence-electron chi connectivity index (χ3n) is 6.53. The number of hydrogen-bond acceptors (Lipinski definition) is 12. The van der Waals surface area contributed by atoms with Gasteiger partial charge in [-0.1, -0.05) is 24.3 Å². The molecule has 5 N–H and O–H groups in total. The van der Waals surface area contributed by atoms with E-state index in [1.54, 1.807) is 44.2 Å². The van der Waals surface area contributed by atoms with Gasteiger partial charge in [-0.2, -0.15) is 20.2 Å². The van der Waals surface area contributed by atoms with E-state index in [1.807, 2.05) is 31.2 Å². The minimum absolute atomic E-state index is 0.144. The predicted molar refractivity (Wildman–Crippen MR) is 180 cm³/mol. The maximum absolute atomic E-state index is 12.1. The smallest absolute Gasteiger partial charge is 0.240 e. The van der Waals surface area contributed by atoms with Gasteiger partial charge >= 0.3 is 0 Å². The molecule has 14 nitrogen and oxygen atoms in total. The fourth-order valence-electron chi connectivity index (χ4n) is 3.95. The van der Waals surface area contributed by atoms with E-state index in [2.05, 4.69) is 45.8 Å². The van der Waals surface area contributed by atoms with Gasteiger partial charge in [-0.25, -0.2) is 26.3 Å². The first-order valence-corrected chi connectivity index (χ1v) is 17.0. The Morgan fingerprint density at radius 3 is 1.52 bits per heavy atom. The molecule has 0 saturated heterocycles. The van der Waals surface area contributed by atoms with E-state index in [0.29, 0.717) is 40.8 Å². The van der Waals surface area contributed by atoms with Gasteiger partial charge in [-0.15, -0.1) is 0 Å². The van der Waals surface area contributed by atoms with Gasteiger partial charge in [0, 0.05) is 11.8 Å². The molecular formula is C30H35N9O5S2. The van der Waals surface area contributed by atoms with Crippen LogP contribution in [0.1, 0.15) is 31.9 Å². The van der Waals surface area contributed by atoms with Crippen molar-refractivity contribution in [3.05, 3.63) is 90.0 Å². The van der Waals surface area contributed by atoms with Crippen LogP contribution in [0, 0.1) is 0 Å². The van der Waals surface area contributed by atoms with Crippen molar-refractivity contribution in [2.75, 3.05) is 36.9 Å². The van der Waals surface area contributed by atoms with Gasteiger partial charge in [-0.3, -0.25) is 10.9 Å². The summed E-state index contributed by atoms with van der Waals surface area (Å²) in [6.45, 7) is 6.01. The van der Waals surface area contributed by atoms with Gasteiger partial charge in [0.25, 0.3) is 0 Å². The Hall–Kier alpha value is -4.90. The second kappa shape index (κ2) is 14.9. The summed E-state index contributed by atoms with van der Waals surface area (Å²) in [6.07, 6.45) is 0. The first kappa shape index (κ1) is 34.0. The summed E-state index contributed by atoms with van der Waals surface area (Å²) >= 11 is 0. The largest absolute Gasteiger partial charge is 0.494 e. The zero-order chi connectivity index (χ0) is 33.3. The van der Waals surface area contributed by atoms with Gasteiger partial charge < -0.3 is 10.1 Å². The maximum Gasteiger partial charge on any atom is 0.240 e. The normalized spacial score (nSPS) is 12.5. The molecule has 0 aliphatic carbocycles. The Morgan fingerprint density at radius 1 is 0.696 bits per heavy atom. The van der Waals surface area contributed by atoms with Crippen LogP contribution in [0.25, 0.3) is 0 Å². The first-order valence-electron chi connectivity index (χ1n) is 14.0. The summed E-state index contributed by atoms with van der Waals surface area (Å²) in [5, 5.41) is 12.0. The van der Waals surface area contributed by atoms with Gasteiger partial charge in [0.2, 0.25) is 26.0 Å². The molecule has 0 spiro atoms. The number of benzene rings is 3. The SMILES string of the molecule is CCOc1ccc(Nc2nc(NN=C(C)c3ccc(S(=O)(=O)NC)cc3)cc(NN=C(C)c3ccc(S(=O)(=O)NC)cc3)n2)cc1. The lowest BCUT2D eigenvalue weighted by molar-refractivity contribution is 0.340. The van der Waals surface area contributed by atoms with Crippen LogP contribution in [0.3, 0.4) is 0 Å². The van der Waals surface area contributed by atoms with Crippen LogP contribution in [0.4, 0.5) is 23.3 Å². The fourth-order valence-corrected chi connectivity index (χ4v) is 5.41. The number of nitrogens with zero attached hydrogens (tertiary/aromatic N) is 4. The van der Waals surface area contributed by atoms with Crippen LogP contribution in [-0.4, -0.2) is 58.9 Å². The molecule has 0 unspecified atom stereocenters. The average molecular weight is 666 g/mol. The molecule has 0 aliphatic rings. The van der Waals surface area contributed by atoms with Crippen LogP contribution in [-0.2, 0) is 20.0 Å². The fraction of sp³-hybridized carbons (Fsp3) is 0.200. The molecule has 0 amide bonds. The Kier molecular flexibility index (Phi) is 11.0. The highest BCUT2D eigenvalue weighted by Crippen LogP contribution is 2.22. The van der Waals surface area contributed by atoms with Crippen molar-refractivity contribution in [3.8, 4) is 5.75 Å². The van der Waals surface area contributed by atoms with Gasteiger partial charge in [0.1, 0.15) is 5.75 Å². The highest BCUT2D eigenvalue weighted by molar-refractivity contribution is 7.89. The number of anilines is 4. The van der Waals surface area contributed by atoms with E-state index >= 15 is 0 Å². The molecule has 3 aromatic carbocycles. The number of hydrazone groups is 2. The number of nitrogens with one attached hydrogen (secondary N) is 5. The van der Waals surface area contributed by atoms with Gasteiger partial charge in [-0.05, 0) is 94.5 Å². The first-order chi connectivity index (χ1) is 21.9. The monoisotopic (exact) mass is 665 g/mol. The number of ether oxygens (including phenoxy) is 1. The molecule has 0 atom stereocenters. The lowest BCUT2D eigenvalue weighted by atomic mass is 10.1. The number of hydrogen-bond donors (Lipinski definition) is 5. The molecule has 1 aromatic heterocycles. The van der Waals surface area contributed by atoms with Crippen molar-refractivity contribution in [1.82, 2.24) is 19.4 Å². The molecule has 16 heteroatoms. The third-order valence-corrected chi connectivity index (χ3v) is 9.39. The number of sulfonamides is 2. The minimum Gasteiger partial charge on any atom is -0.494 e. The van der Waals surface area contributed by atoms with Crippen molar-refractivity contribution in [1.29, 1.82) is 0 Å². The zero-order valence-electron chi connectivity index (χ0n) is 25.9. The zero-order valence-corrected chi connectivity index (χ0v) is 27.5. The number of aromatic nitrogens is 2. The van der Waals surface area contributed by atoms with E-state index < -0.39 is 20.0 Å². The molecule has 0 aliphatic heterocycles. The van der Waals surface area contributed by atoms with Gasteiger partial charge in [0.05, 0.1) is 27.8 Å². The average Bonchev–Trinajstić information content (AvgIpc) is 3.07. The summed E-state index contributed by atoms with van der Waals surface area (Å²) in [5.74, 6) is 1.67.